The van der Waals surface area contributed by atoms with Gasteiger partial charge in [0.25, 0.3) is 0 Å². The molecule has 0 spiro atoms. The Bertz CT molecular complexity index is 1080. The number of nitrogens with one attached hydrogen (secondary N) is 2. The van der Waals surface area contributed by atoms with E-state index in [-0.39, 0.29) is 25.0 Å². The molecule has 7 nitrogen and oxygen atoms in total. The maximum atomic E-state index is 12.9. The lowest BCUT2D eigenvalue weighted by atomic mass is 9.96. The molecule has 1 atom stereocenters. The quantitative estimate of drug-likeness (QED) is 0.690. The molecule has 0 aliphatic carbocycles. The van der Waals surface area contributed by atoms with Crippen LogP contribution in [0.3, 0.4) is 0 Å². The van der Waals surface area contributed by atoms with Crippen LogP contribution in [0.5, 0.6) is 0 Å². The number of hydrogen-bond acceptors (Lipinski definition) is 4. The Morgan fingerprint density at radius 3 is 2.61 bits per heavy atom. The third kappa shape index (κ3) is 4.14. The largest absolute Gasteiger partial charge is 0.456 e. The molecule has 2 N–H and O–H groups in total. The molecule has 2 aliphatic rings. The Morgan fingerprint density at radius 2 is 1.90 bits per heavy atom. The van der Waals surface area contributed by atoms with Crippen LogP contribution in [-0.2, 0) is 14.3 Å². The van der Waals surface area contributed by atoms with Crippen molar-refractivity contribution < 1.29 is 19.1 Å². The molecule has 3 amide bonds. The summed E-state index contributed by atoms with van der Waals surface area (Å²) in [6.45, 7) is 3.79. The van der Waals surface area contributed by atoms with Crippen LogP contribution >= 0.6 is 11.6 Å². The van der Waals surface area contributed by atoms with Crippen LogP contribution in [-0.4, -0.2) is 36.0 Å². The van der Waals surface area contributed by atoms with Gasteiger partial charge in [-0.2, -0.15) is 0 Å². The highest BCUT2D eigenvalue weighted by molar-refractivity contribution is 6.30. The van der Waals surface area contributed by atoms with Gasteiger partial charge in [-0.05, 0) is 35.2 Å². The number of amides is 3. The van der Waals surface area contributed by atoms with Gasteiger partial charge in [-0.1, -0.05) is 55.8 Å². The van der Waals surface area contributed by atoms with Crippen LogP contribution in [0.1, 0.15) is 36.9 Å². The summed E-state index contributed by atoms with van der Waals surface area (Å²) in [6, 6.07) is 13.3. The highest BCUT2D eigenvalue weighted by Gasteiger charge is 2.42. The first-order valence-electron chi connectivity index (χ1n) is 9.97. The van der Waals surface area contributed by atoms with Crippen molar-refractivity contribution in [1.29, 1.82) is 0 Å². The van der Waals surface area contributed by atoms with Gasteiger partial charge in [0.15, 0.2) is 0 Å². The van der Waals surface area contributed by atoms with Gasteiger partial charge < -0.3 is 15.4 Å². The van der Waals surface area contributed by atoms with Crippen molar-refractivity contribution in [2.24, 2.45) is 0 Å². The summed E-state index contributed by atoms with van der Waals surface area (Å²) >= 11 is 5.95. The molecule has 2 aromatic carbocycles. The molecule has 8 heteroatoms. The van der Waals surface area contributed by atoms with E-state index in [1.54, 1.807) is 24.3 Å². The topological polar surface area (TPSA) is 87.7 Å². The maximum Gasteiger partial charge on any atom is 0.338 e. The predicted octanol–water partition coefficient (Wildman–Crippen LogP) is 3.98. The molecular weight excluding hydrogens is 418 g/mol. The number of para-hydroxylation sites is 1. The molecule has 4 rings (SSSR count). The van der Waals surface area contributed by atoms with Gasteiger partial charge >= 0.3 is 12.0 Å². The summed E-state index contributed by atoms with van der Waals surface area (Å²) < 4.78 is 5.20. The zero-order valence-corrected chi connectivity index (χ0v) is 17.9. The fourth-order valence-corrected chi connectivity index (χ4v) is 3.96. The maximum absolute atomic E-state index is 12.9. The van der Waals surface area contributed by atoms with E-state index in [1.165, 1.54) is 4.90 Å². The van der Waals surface area contributed by atoms with Gasteiger partial charge in [-0.3, -0.25) is 9.69 Å². The lowest BCUT2D eigenvalue weighted by Crippen LogP contribution is -2.49. The van der Waals surface area contributed by atoms with Crippen molar-refractivity contribution in [3.8, 4) is 0 Å². The van der Waals surface area contributed by atoms with E-state index in [0.29, 0.717) is 27.5 Å². The van der Waals surface area contributed by atoms with Crippen molar-refractivity contribution >= 4 is 35.2 Å². The third-order valence-corrected chi connectivity index (χ3v) is 5.61. The molecule has 1 unspecified atom stereocenters. The van der Waals surface area contributed by atoms with Crippen molar-refractivity contribution in [2.45, 2.75) is 25.8 Å². The molecule has 2 heterocycles. The van der Waals surface area contributed by atoms with Crippen LogP contribution in [0.15, 0.2) is 59.8 Å². The monoisotopic (exact) mass is 439 g/mol. The lowest BCUT2D eigenvalue weighted by molar-refractivity contribution is -0.136. The number of cyclic esters (lactones) is 1. The molecule has 0 saturated heterocycles. The molecule has 160 valence electrons. The van der Waals surface area contributed by atoms with E-state index in [2.05, 4.69) is 10.6 Å². The second-order valence-electron chi connectivity index (χ2n) is 7.75. The second-order valence-corrected chi connectivity index (χ2v) is 8.18. The molecule has 0 fully saturated rings. The molecule has 31 heavy (non-hydrogen) atoms. The number of urea groups is 1. The second kappa shape index (κ2) is 8.43. The Kier molecular flexibility index (Phi) is 5.69. The third-order valence-electron chi connectivity index (χ3n) is 5.36. The summed E-state index contributed by atoms with van der Waals surface area (Å²) in [5.41, 5.74) is 3.14. The molecule has 0 saturated carbocycles. The molecule has 2 aliphatic heterocycles. The lowest BCUT2D eigenvalue weighted by Gasteiger charge is -2.32. The molecule has 0 bridgehead atoms. The van der Waals surface area contributed by atoms with Crippen molar-refractivity contribution in [3.63, 3.8) is 0 Å². The van der Waals surface area contributed by atoms with E-state index >= 15 is 0 Å². The zero-order valence-electron chi connectivity index (χ0n) is 17.1. The Balaban J connectivity index is 1.59. The van der Waals surface area contributed by atoms with Crippen LogP contribution < -0.4 is 10.6 Å². The summed E-state index contributed by atoms with van der Waals surface area (Å²) in [5.74, 6) is -0.644. The molecular formula is C23H22ClN3O4. The number of esters is 1. The van der Waals surface area contributed by atoms with Crippen molar-refractivity contribution in [2.75, 3.05) is 18.5 Å². The van der Waals surface area contributed by atoms with E-state index in [1.807, 2.05) is 38.1 Å². The minimum atomic E-state index is -0.657. The number of hydrogen-bond donors (Lipinski definition) is 2. The van der Waals surface area contributed by atoms with Gasteiger partial charge in [0, 0.05) is 10.7 Å². The average Bonchev–Trinajstić information content (AvgIpc) is 3.12. The highest BCUT2D eigenvalue weighted by Crippen LogP contribution is 2.35. The summed E-state index contributed by atoms with van der Waals surface area (Å²) in [5, 5.41) is 6.23. The summed E-state index contributed by atoms with van der Waals surface area (Å²) in [7, 11) is 0. The van der Waals surface area contributed by atoms with Crippen molar-refractivity contribution in [3.05, 3.63) is 76.0 Å². The average molecular weight is 440 g/mol. The molecule has 2 aromatic rings. The summed E-state index contributed by atoms with van der Waals surface area (Å²) in [6.07, 6.45) is 0. The number of carbonyl (C=O) groups is 3. The Labute approximate surface area is 185 Å². The fourth-order valence-electron chi connectivity index (χ4n) is 3.83. The number of benzene rings is 2. The first-order valence-corrected chi connectivity index (χ1v) is 10.4. The van der Waals surface area contributed by atoms with Gasteiger partial charge in [0.05, 0.1) is 17.3 Å². The number of nitrogens with zero attached hydrogens (tertiary/aromatic N) is 1. The number of rotatable bonds is 5. The standard InChI is InChI=1S/C23H22ClN3O4/c1-13(2)16-5-3-4-6-17(16)25-19(28)11-27-18-12-31-22(29)20(18)21(26-23(27)30)14-7-9-15(24)10-8-14/h3-10,13,21H,11-12H2,1-2H3,(H,25,28)(H,26,30). The van der Waals surface area contributed by atoms with E-state index < -0.39 is 18.0 Å². The van der Waals surface area contributed by atoms with E-state index in [9.17, 15) is 14.4 Å². The fraction of sp³-hybridized carbons (Fsp3) is 0.261. The first kappa shape index (κ1) is 20.9. The predicted molar refractivity (Wildman–Crippen MR) is 117 cm³/mol. The smallest absolute Gasteiger partial charge is 0.338 e. The number of anilines is 1. The Morgan fingerprint density at radius 1 is 1.19 bits per heavy atom. The van der Waals surface area contributed by atoms with E-state index in [0.717, 1.165) is 5.56 Å². The number of halogens is 1. The van der Waals surface area contributed by atoms with Gasteiger partial charge in [-0.25, -0.2) is 9.59 Å². The van der Waals surface area contributed by atoms with Crippen LogP contribution in [0.25, 0.3) is 0 Å². The van der Waals surface area contributed by atoms with Crippen LogP contribution in [0.2, 0.25) is 5.02 Å². The number of carbonyl (C=O) groups excluding carboxylic acids is 3. The molecule has 0 aromatic heterocycles. The minimum absolute atomic E-state index is 0.0540. The normalized spacial score (nSPS) is 18.1. The van der Waals surface area contributed by atoms with Gasteiger partial charge in [0.2, 0.25) is 5.91 Å². The van der Waals surface area contributed by atoms with Crippen molar-refractivity contribution in [1.82, 2.24) is 10.2 Å². The highest BCUT2D eigenvalue weighted by atomic mass is 35.5. The van der Waals surface area contributed by atoms with Gasteiger partial charge in [0.1, 0.15) is 13.2 Å². The minimum Gasteiger partial charge on any atom is -0.456 e. The molecule has 0 radical (unpaired) electrons. The first-order chi connectivity index (χ1) is 14.8. The zero-order chi connectivity index (χ0) is 22.1. The SMILES string of the molecule is CC(C)c1ccccc1NC(=O)CN1C(=O)NC(c2ccc(Cl)cc2)C2=C1COC2=O. The Hall–Kier alpha value is -3.32. The van der Waals surface area contributed by atoms with Gasteiger partial charge in [-0.15, -0.1) is 0 Å². The van der Waals surface area contributed by atoms with E-state index in [4.69, 9.17) is 16.3 Å². The van der Waals surface area contributed by atoms with Crippen LogP contribution in [0.4, 0.5) is 10.5 Å². The summed E-state index contributed by atoms with van der Waals surface area (Å²) in [4.78, 5) is 39.3. The van der Waals surface area contributed by atoms with Crippen LogP contribution in [0, 0.1) is 0 Å². The number of ether oxygens (including phenoxy) is 1.